The Labute approximate surface area is 75.8 Å². The fraction of sp³-hybridized carbons (Fsp3) is 0.889. The maximum absolute atomic E-state index is 4.18. The highest BCUT2D eigenvalue weighted by Crippen LogP contribution is 2.00. The highest BCUT2D eigenvalue weighted by atomic mass is 15.5. The lowest BCUT2D eigenvalue weighted by Crippen LogP contribution is -2.41. The second-order valence-corrected chi connectivity index (χ2v) is 2.88. The van der Waals surface area contributed by atoms with Crippen LogP contribution >= 0.6 is 0 Å². The molecule has 1 atom stereocenters. The lowest BCUT2D eigenvalue weighted by atomic mass is 10.2. The average Bonchev–Trinajstić information content (AvgIpc) is 2.06. The van der Waals surface area contributed by atoms with E-state index in [2.05, 4.69) is 24.3 Å². The Morgan fingerprint density at radius 2 is 2.17 bits per heavy atom. The van der Waals surface area contributed by atoms with Gasteiger partial charge in [-0.3, -0.25) is 10.0 Å². The molecule has 72 valence electrons. The second-order valence-electron chi connectivity index (χ2n) is 2.88. The summed E-state index contributed by atoms with van der Waals surface area (Å²) in [5, 5.41) is 2.05. The molecule has 0 rings (SSSR count). The first-order valence-electron chi connectivity index (χ1n) is 4.71. The predicted octanol–water partition coefficient (Wildman–Crippen LogP) is 1.66. The Morgan fingerprint density at radius 3 is 2.58 bits per heavy atom. The molecule has 0 spiro atoms. The lowest BCUT2D eigenvalue weighted by Gasteiger charge is -2.25. The Kier molecular flexibility index (Phi) is 6.76. The molecule has 0 heterocycles. The molecule has 0 fully saturated rings. The zero-order chi connectivity index (χ0) is 9.40. The fourth-order valence-corrected chi connectivity index (χ4v) is 1.12. The summed E-state index contributed by atoms with van der Waals surface area (Å²) < 4.78 is 0. The van der Waals surface area contributed by atoms with Crippen LogP contribution in [0.5, 0.6) is 0 Å². The van der Waals surface area contributed by atoms with Crippen LogP contribution in [-0.2, 0) is 0 Å². The van der Waals surface area contributed by atoms with Crippen LogP contribution in [0.2, 0.25) is 0 Å². The standard InChI is InChI=1S/C9H21N3/c1-5-7-9(3)12(10-4)8-11-6-2/h8-10H,5-7H2,1-4H3. The van der Waals surface area contributed by atoms with Crippen LogP contribution in [0.1, 0.15) is 33.6 Å². The third-order valence-electron chi connectivity index (χ3n) is 1.83. The summed E-state index contributed by atoms with van der Waals surface area (Å²) in [6.45, 7) is 7.27. The zero-order valence-electron chi connectivity index (χ0n) is 8.67. The number of hydrogen-bond donors (Lipinski definition) is 1. The van der Waals surface area contributed by atoms with Gasteiger partial charge in [0.25, 0.3) is 0 Å². The molecule has 12 heavy (non-hydrogen) atoms. The quantitative estimate of drug-likeness (QED) is 0.374. The molecule has 0 bridgehead atoms. The van der Waals surface area contributed by atoms with E-state index in [-0.39, 0.29) is 0 Å². The first kappa shape index (κ1) is 11.4. The van der Waals surface area contributed by atoms with Crippen molar-refractivity contribution < 1.29 is 0 Å². The molecule has 0 saturated carbocycles. The van der Waals surface area contributed by atoms with Crippen molar-refractivity contribution in [2.75, 3.05) is 13.6 Å². The lowest BCUT2D eigenvalue weighted by molar-refractivity contribution is 0.259. The molecule has 1 unspecified atom stereocenters. The maximum atomic E-state index is 4.18. The van der Waals surface area contributed by atoms with Gasteiger partial charge in [-0.2, -0.15) is 0 Å². The molecule has 0 amide bonds. The van der Waals surface area contributed by atoms with Gasteiger partial charge in [0.15, 0.2) is 0 Å². The van der Waals surface area contributed by atoms with E-state index in [0.717, 1.165) is 6.54 Å². The molecule has 0 aromatic rings. The molecule has 0 saturated heterocycles. The molecule has 0 aliphatic heterocycles. The molecule has 3 nitrogen and oxygen atoms in total. The molecule has 0 aromatic carbocycles. The van der Waals surface area contributed by atoms with Crippen LogP contribution in [0.3, 0.4) is 0 Å². The Morgan fingerprint density at radius 1 is 1.50 bits per heavy atom. The van der Waals surface area contributed by atoms with Gasteiger partial charge in [-0.05, 0) is 20.3 Å². The number of rotatable bonds is 6. The zero-order valence-corrected chi connectivity index (χ0v) is 8.67. The maximum Gasteiger partial charge on any atom is 0.0994 e. The molecule has 0 radical (unpaired) electrons. The second kappa shape index (κ2) is 7.10. The van der Waals surface area contributed by atoms with Gasteiger partial charge in [-0.15, -0.1) is 0 Å². The van der Waals surface area contributed by atoms with E-state index in [9.17, 15) is 0 Å². The van der Waals surface area contributed by atoms with Crippen molar-refractivity contribution in [2.24, 2.45) is 4.99 Å². The first-order valence-corrected chi connectivity index (χ1v) is 4.71. The molecule has 0 aromatic heterocycles. The third kappa shape index (κ3) is 4.34. The van der Waals surface area contributed by atoms with Crippen molar-refractivity contribution in [3.05, 3.63) is 0 Å². The molecule has 3 heteroatoms. The SMILES string of the molecule is CCCC(C)N(C=NCC)NC. The number of aliphatic imine (C=N–C) groups is 1. The monoisotopic (exact) mass is 171 g/mol. The predicted molar refractivity (Wildman–Crippen MR) is 54.3 cm³/mol. The summed E-state index contributed by atoms with van der Waals surface area (Å²) in [4.78, 5) is 4.18. The Balaban J connectivity index is 3.86. The topological polar surface area (TPSA) is 27.6 Å². The van der Waals surface area contributed by atoms with Gasteiger partial charge in [-0.1, -0.05) is 13.3 Å². The highest BCUT2D eigenvalue weighted by molar-refractivity contribution is 5.54. The van der Waals surface area contributed by atoms with Crippen molar-refractivity contribution in [2.45, 2.75) is 39.7 Å². The molecular formula is C9H21N3. The van der Waals surface area contributed by atoms with E-state index in [0.29, 0.717) is 6.04 Å². The minimum atomic E-state index is 0.523. The van der Waals surface area contributed by atoms with Crippen molar-refractivity contribution in [1.82, 2.24) is 10.4 Å². The van der Waals surface area contributed by atoms with Gasteiger partial charge < -0.3 is 0 Å². The normalized spacial score (nSPS) is 13.7. The van der Waals surface area contributed by atoms with Crippen LogP contribution < -0.4 is 5.43 Å². The smallest absolute Gasteiger partial charge is 0.0994 e. The van der Waals surface area contributed by atoms with Crippen molar-refractivity contribution in [1.29, 1.82) is 0 Å². The van der Waals surface area contributed by atoms with Crippen LogP contribution in [0.15, 0.2) is 4.99 Å². The summed E-state index contributed by atoms with van der Waals surface area (Å²) >= 11 is 0. The fourth-order valence-electron chi connectivity index (χ4n) is 1.12. The first-order chi connectivity index (χ1) is 5.76. The summed E-state index contributed by atoms with van der Waals surface area (Å²) in [5.74, 6) is 0. The Bertz CT molecular complexity index is 123. The van der Waals surface area contributed by atoms with Gasteiger partial charge in [-0.25, -0.2) is 5.43 Å². The summed E-state index contributed by atoms with van der Waals surface area (Å²) in [7, 11) is 1.92. The van der Waals surface area contributed by atoms with Gasteiger partial charge in [0.1, 0.15) is 0 Å². The Hall–Kier alpha value is -0.570. The van der Waals surface area contributed by atoms with Gasteiger partial charge in [0.05, 0.1) is 6.34 Å². The highest BCUT2D eigenvalue weighted by Gasteiger charge is 2.05. The van der Waals surface area contributed by atoms with Crippen molar-refractivity contribution in [3.63, 3.8) is 0 Å². The van der Waals surface area contributed by atoms with E-state index < -0.39 is 0 Å². The van der Waals surface area contributed by atoms with Gasteiger partial charge in [0, 0.05) is 19.6 Å². The van der Waals surface area contributed by atoms with Crippen LogP contribution in [-0.4, -0.2) is 31.0 Å². The number of hydrazine groups is 1. The van der Waals surface area contributed by atoms with Gasteiger partial charge >= 0.3 is 0 Å². The molecule has 0 aliphatic carbocycles. The van der Waals surface area contributed by atoms with E-state index >= 15 is 0 Å². The summed E-state index contributed by atoms with van der Waals surface area (Å²) in [6.07, 6.45) is 4.27. The van der Waals surface area contributed by atoms with E-state index in [1.807, 2.05) is 25.3 Å². The molecule has 0 aliphatic rings. The number of hydrogen-bond acceptors (Lipinski definition) is 2. The van der Waals surface area contributed by atoms with Crippen molar-refractivity contribution in [3.8, 4) is 0 Å². The van der Waals surface area contributed by atoms with Crippen LogP contribution in [0.25, 0.3) is 0 Å². The van der Waals surface area contributed by atoms with E-state index in [4.69, 9.17) is 0 Å². The van der Waals surface area contributed by atoms with Crippen molar-refractivity contribution >= 4 is 6.34 Å². The molecular weight excluding hydrogens is 150 g/mol. The summed E-state index contributed by atoms with van der Waals surface area (Å²) in [6, 6.07) is 0.523. The number of nitrogens with one attached hydrogen (secondary N) is 1. The van der Waals surface area contributed by atoms with E-state index in [1.54, 1.807) is 0 Å². The minimum Gasteiger partial charge on any atom is -0.296 e. The van der Waals surface area contributed by atoms with Crippen LogP contribution in [0.4, 0.5) is 0 Å². The van der Waals surface area contributed by atoms with Gasteiger partial charge in [0.2, 0.25) is 0 Å². The minimum absolute atomic E-state index is 0.523. The van der Waals surface area contributed by atoms with Crippen LogP contribution in [0, 0.1) is 0 Å². The number of nitrogens with zero attached hydrogens (tertiary/aromatic N) is 2. The largest absolute Gasteiger partial charge is 0.296 e. The summed E-state index contributed by atoms with van der Waals surface area (Å²) in [5.41, 5.74) is 3.11. The van der Waals surface area contributed by atoms with E-state index in [1.165, 1.54) is 12.8 Å². The molecule has 1 N–H and O–H groups in total. The average molecular weight is 171 g/mol. The third-order valence-corrected chi connectivity index (χ3v) is 1.83.